The maximum absolute atomic E-state index is 15.1. The van der Waals surface area contributed by atoms with Crippen molar-refractivity contribution >= 4 is 45.4 Å². The monoisotopic (exact) mass is 549 g/mol. The number of amides is 1. The zero-order chi connectivity index (χ0) is 27.4. The van der Waals surface area contributed by atoms with Crippen LogP contribution in [-0.2, 0) is 10.3 Å². The lowest BCUT2D eigenvalue weighted by molar-refractivity contribution is -0.130. The second-order valence-corrected chi connectivity index (χ2v) is 10.9. The van der Waals surface area contributed by atoms with Crippen LogP contribution in [0, 0.1) is 17.6 Å². The van der Waals surface area contributed by atoms with Gasteiger partial charge in [-0.1, -0.05) is 11.8 Å². The Morgan fingerprint density at radius 3 is 2.79 bits per heavy atom. The lowest BCUT2D eigenvalue weighted by Crippen LogP contribution is -2.39. The van der Waals surface area contributed by atoms with Crippen LogP contribution in [0.15, 0.2) is 35.6 Å². The number of halogens is 4. The molecular formula is C24H23F4N7O2S. The van der Waals surface area contributed by atoms with Crippen LogP contribution in [0.4, 0.5) is 29.1 Å². The van der Waals surface area contributed by atoms with E-state index in [0.29, 0.717) is 11.0 Å². The Morgan fingerprint density at radius 2 is 2.08 bits per heavy atom. The minimum atomic E-state index is -2.70. The molecule has 9 nitrogen and oxygen atoms in total. The molecule has 0 saturated heterocycles. The van der Waals surface area contributed by atoms with Gasteiger partial charge in [0.25, 0.3) is 12.3 Å². The first-order chi connectivity index (χ1) is 17.9. The molecule has 1 fully saturated rings. The summed E-state index contributed by atoms with van der Waals surface area (Å²) in [5, 5.41) is 2.81. The predicted molar refractivity (Wildman–Crippen MR) is 135 cm³/mol. The third kappa shape index (κ3) is 4.36. The quantitative estimate of drug-likeness (QED) is 0.427. The van der Waals surface area contributed by atoms with Crippen LogP contribution in [0.3, 0.4) is 0 Å². The number of hydrogen-bond acceptors (Lipinski definition) is 9. The highest BCUT2D eigenvalue weighted by atomic mass is 32.2. The SMILES string of the molecule is CN(C)C(=O)COc1cnc2c(Nc3cc(F)c(F)c([C@@]4(C)N=C(N)S[C@@]5(C(F)F)C[C@@H]45)c3)nccc2n1. The predicted octanol–water partition coefficient (Wildman–Crippen LogP) is 3.81. The molecule has 1 amide bonds. The Morgan fingerprint density at radius 1 is 1.32 bits per heavy atom. The molecular weight excluding hydrogens is 526 g/mol. The van der Waals surface area contributed by atoms with Gasteiger partial charge in [0.15, 0.2) is 29.2 Å². The number of aliphatic imine (C=N–C) groups is 1. The fourth-order valence-corrected chi connectivity index (χ4v) is 5.96. The van der Waals surface area contributed by atoms with E-state index in [1.165, 1.54) is 30.3 Å². The number of nitrogens with zero attached hydrogens (tertiary/aromatic N) is 5. The molecule has 14 heteroatoms. The van der Waals surface area contributed by atoms with Gasteiger partial charge in [0.05, 0.1) is 22.0 Å². The number of carbonyl (C=O) groups excluding carboxylic acids is 1. The summed E-state index contributed by atoms with van der Waals surface area (Å²) >= 11 is 0.783. The topological polar surface area (TPSA) is 119 Å². The number of benzene rings is 1. The zero-order valence-electron chi connectivity index (χ0n) is 20.5. The molecule has 2 aliphatic rings. The van der Waals surface area contributed by atoms with Crippen molar-refractivity contribution in [3.8, 4) is 5.88 Å². The summed E-state index contributed by atoms with van der Waals surface area (Å²) in [6.07, 6.45) is 0.110. The lowest BCUT2D eigenvalue weighted by Gasteiger charge is -2.34. The second-order valence-electron chi connectivity index (χ2n) is 9.47. The van der Waals surface area contributed by atoms with Crippen LogP contribution in [-0.4, -0.2) is 62.8 Å². The molecule has 0 radical (unpaired) electrons. The Bertz CT molecular complexity index is 1470. The number of carbonyl (C=O) groups is 1. The molecule has 2 aromatic heterocycles. The van der Waals surface area contributed by atoms with E-state index in [2.05, 4.69) is 25.3 Å². The van der Waals surface area contributed by atoms with Crippen LogP contribution in [0.2, 0.25) is 0 Å². The Labute approximate surface area is 218 Å². The van der Waals surface area contributed by atoms with Crippen molar-refractivity contribution in [2.75, 3.05) is 26.0 Å². The molecule has 3 heterocycles. The summed E-state index contributed by atoms with van der Waals surface area (Å²) in [4.78, 5) is 30.3. The average molecular weight is 550 g/mol. The first kappa shape index (κ1) is 25.9. The summed E-state index contributed by atoms with van der Waals surface area (Å²) in [5.74, 6) is -3.05. The largest absolute Gasteiger partial charge is 0.466 e. The summed E-state index contributed by atoms with van der Waals surface area (Å²) in [7, 11) is 3.19. The van der Waals surface area contributed by atoms with Crippen LogP contribution in [0.5, 0.6) is 5.88 Å². The van der Waals surface area contributed by atoms with Gasteiger partial charge in [-0.3, -0.25) is 9.79 Å². The van der Waals surface area contributed by atoms with Crippen molar-refractivity contribution in [3.63, 3.8) is 0 Å². The van der Waals surface area contributed by atoms with Gasteiger partial charge in [-0.15, -0.1) is 0 Å². The van der Waals surface area contributed by atoms with E-state index in [1.54, 1.807) is 20.2 Å². The molecule has 0 bridgehead atoms. The number of thioether (sulfide) groups is 1. The number of ether oxygens (including phenoxy) is 1. The van der Waals surface area contributed by atoms with E-state index in [1.807, 2.05) is 0 Å². The number of hydrogen-bond donors (Lipinski definition) is 2. The number of fused-ring (bicyclic) bond motifs is 2. The average Bonchev–Trinajstić information content (AvgIpc) is 3.61. The number of anilines is 2. The van der Waals surface area contributed by atoms with Crippen LogP contribution < -0.4 is 15.8 Å². The summed E-state index contributed by atoms with van der Waals surface area (Å²) in [6, 6.07) is 3.82. The van der Waals surface area contributed by atoms with Gasteiger partial charge in [0.1, 0.15) is 5.52 Å². The van der Waals surface area contributed by atoms with Crippen molar-refractivity contribution in [1.29, 1.82) is 0 Å². The molecule has 200 valence electrons. The van der Waals surface area contributed by atoms with E-state index in [4.69, 9.17) is 10.5 Å². The first-order valence-electron chi connectivity index (χ1n) is 11.5. The van der Waals surface area contributed by atoms with E-state index >= 15 is 4.39 Å². The maximum Gasteiger partial charge on any atom is 0.260 e. The fraction of sp³-hybridized carbons (Fsp3) is 0.375. The molecule has 1 aliphatic heterocycles. The Kier molecular flexibility index (Phi) is 6.32. The van der Waals surface area contributed by atoms with Gasteiger partial charge < -0.3 is 20.7 Å². The molecule has 0 spiro atoms. The molecule has 5 rings (SSSR count). The zero-order valence-corrected chi connectivity index (χ0v) is 21.3. The van der Waals surface area contributed by atoms with Gasteiger partial charge in [0, 0.05) is 43.5 Å². The summed E-state index contributed by atoms with van der Waals surface area (Å²) in [5.41, 5.74) is 4.95. The number of rotatable bonds is 7. The van der Waals surface area contributed by atoms with Gasteiger partial charge in [0.2, 0.25) is 5.88 Å². The molecule has 1 saturated carbocycles. The number of pyridine rings is 1. The summed E-state index contributed by atoms with van der Waals surface area (Å²) < 4.78 is 61.5. The van der Waals surface area contributed by atoms with E-state index in [-0.39, 0.29) is 47.1 Å². The van der Waals surface area contributed by atoms with Crippen LogP contribution >= 0.6 is 11.8 Å². The fourth-order valence-electron chi connectivity index (χ4n) is 4.63. The molecule has 38 heavy (non-hydrogen) atoms. The third-order valence-electron chi connectivity index (χ3n) is 6.75. The maximum atomic E-state index is 15.1. The molecule has 0 unspecified atom stereocenters. The van der Waals surface area contributed by atoms with Crippen molar-refractivity contribution in [2.24, 2.45) is 16.6 Å². The highest BCUT2D eigenvalue weighted by Gasteiger charge is 2.71. The number of nitrogens with two attached hydrogens (primary N) is 1. The van der Waals surface area contributed by atoms with Crippen molar-refractivity contribution in [3.05, 3.63) is 47.8 Å². The smallest absolute Gasteiger partial charge is 0.260 e. The Balaban J connectivity index is 1.47. The third-order valence-corrected chi connectivity index (χ3v) is 8.06. The minimum Gasteiger partial charge on any atom is -0.466 e. The molecule has 3 aromatic rings. The molecule has 1 aromatic carbocycles. The molecule has 3 N–H and O–H groups in total. The normalized spacial score (nSPS) is 24.1. The van der Waals surface area contributed by atoms with E-state index in [9.17, 15) is 18.0 Å². The van der Waals surface area contributed by atoms with Gasteiger partial charge in [-0.05, 0) is 25.5 Å². The molecule has 1 aliphatic carbocycles. The lowest BCUT2D eigenvalue weighted by atomic mass is 9.85. The minimum absolute atomic E-state index is 0.0692. The van der Waals surface area contributed by atoms with E-state index in [0.717, 1.165) is 17.8 Å². The van der Waals surface area contributed by atoms with Gasteiger partial charge >= 0.3 is 0 Å². The van der Waals surface area contributed by atoms with Crippen molar-refractivity contribution in [2.45, 2.75) is 30.1 Å². The van der Waals surface area contributed by atoms with E-state index < -0.39 is 34.3 Å². The van der Waals surface area contributed by atoms with Crippen LogP contribution in [0.1, 0.15) is 18.9 Å². The standard InChI is InChI=1S/C24H23F4N7O2S/c1-23(15-8-24(15,21(27)28)38-22(29)34-23)12-6-11(7-13(25)18(12)26)32-20-19-14(4-5-30-20)33-16(9-31-19)37-10-17(36)35(2)3/h4-7,9,15,21H,8,10H2,1-3H3,(H2,29,34)(H,30,32)/t15-,23+,24-/m0/s1. The highest BCUT2D eigenvalue weighted by Crippen LogP contribution is 2.68. The first-order valence-corrected chi connectivity index (χ1v) is 12.3. The number of aromatic nitrogens is 3. The van der Waals surface area contributed by atoms with Gasteiger partial charge in [-0.2, -0.15) is 0 Å². The van der Waals surface area contributed by atoms with Crippen molar-refractivity contribution in [1.82, 2.24) is 19.9 Å². The van der Waals surface area contributed by atoms with Crippen molar-refractivity contribution < 1.29 is 27.1 Å². The number of nitrogens with one attached hydrogen (secondary N) is 1. The molecule has 3 atom stereocenters. The number of likely N-dealkylation sites (N-methyl/N-ethyl adjacent to an activating group) is 1. The second kappa shape index (κ2) is 9.26. The summed E-state index contributed by atoms with van der Waals surface area (Å²) in [6.45, 7) is 1.26. The van der Waals surface area contributed by atoms with Gasteiger partial charge in [-0.25, -0.2) is 32.5 Å². The number of alkyl halides is 2. The highest BCUT2D eigenvalue weighted by molar-refractivity contribution is 8.15. The van der Waals surface area contributed by atoms with Crippen LogP contribution in [0.25, 0.3) is 11.0 Å². The Hall–Kier alpha value is -3.68. The number of amidine groups is 1.